The largest absolute Gasteiger partial charge is 0.372 e. The van der Waals surface area contributed by atoms with E-state index < -0.39 is 27.8 Å². The second kappa shape index (κ2) is 8.18. The smallest absolute Gasteiger partial charge is 0.247 e. The Morgan fingerprint density at radius 2 is 1.79 bits per heavy atom. The molecule has 1 fully saturated rings. The normalized spacial score (nSPS) is 15.3. The Morgan fingerprint density at radius 1 is 1.14 bits per heavy atom. The Hall–Kier alpha value is -2.61. The molecule has 1 aliphatic heterocycles. The zero-order valence-corrected chi connectivity index (χ0v) is 16.7. The molecule has 28 heavy (non-hydrogen) atoms. The fourth-order valence-corrected chi connectivity index (χ4v) is 4.57. The van der Waals surface area contributed by atoms with Crippen molar-refractivity contribution < 1.29 is 17.6 Å². The van der Waals surface area contributed by atoms with Crippen LogP contribution in [0.1, 0.15) is 19.8 Å². The molecule has 2 aromatic rings. The van der Waals surface area contributed by atoms with Crippen LogP contribution in [0.2, 0.25) is 0 Å². The summed E-state index contributed by atoms with van der Waals surface area (Å²) >= 11 is 0. The minimum Gasteiger partial charge on any atom is -0.372 e. The van der Waals surface area contributed by atoms with Gasteiger partial charge in [0.15, 0.2) is 0 Å². The molecule has 1 N–H and O–H groups in total. The highest BCUT2D eigenvalue weighted by Crippen LogP contribution is 2.24. The number of rotatable bonds is 6. The Kier molecular flexibility index (Phi) is 5.88. The van der Waals surface area contributed by atoms with Gasteiger partial charge in [0.25, 0.3) is 0 Å². The van der Waals surface area contributed by atoms with Crippen molar-refractivity contribution in [2.75, 3.05) is 33.9 Å². The van der Waals surface area contributed by atoms with Gasteiger partial charge < -0.3 is 10.2 Å². The highest BCUT2D eigenvalue weighted by atomic mass is 32.2. The van der Waals surface area contributed by atoms with Crippen LogP contribution in [0.3, 0.4) is 0 Å². The first-order valence-electron chi connectivity index (χ1n) is 9.16. The predicted octanol–water partition coefficient (Wildman–Crippen LogP) is 3.22. The summed E-state index contributed by atoms with van der Waals surface area (Å²) in [5, 5.41) is 2.74. The number of carbonyl (C=O) groups is 1. The van der Waals surface area contributed by atoms with E-state index >= 15 is 0 Å². The van der Waals surface area contributed by atoms with Crippen LogP contribution in [0.25, 0.3) is 0 Å². The first-order chi connectivity index (χ1) is 13.3. The van der Waals surface area contributed by atoms with Gasteiger partial charge >= 0.3 is 0 Å². The van der Waals surface area contributed by atoms with Gasteiger partial charge in [-0.25, -0.2) is 12.8 Å². The monoisotopic (exact) mass is 405 g/mol. The molecular weight excluding hydrogens is 381 g/mol. The average molecular weight is 405 g/mol. The second-order valence-electron chi connectivity index (χ2n) is 6.94. The van der Waals surface area contributed by atoms with Crippen LogP contribution < -0.4 is 14.5 Å². The van der Waals surface area contributed by atoms with Crippen molar-refractivity contribution in [3.8, 4) is 0 Å². The van der Waals surface area contributed by atoms with E-state index in [-0.39, 0.29) is 5.69 Å². The molecule has 1 amide bonds. The minimum absolute atomic E-state index is 0.106. The van der Waals surface area contributed by atoms with E-state index in [0.717, 1.165) is 35.4 Å². The highest BCUT2D eigenvalue weighted by molar-refractivity contribution is 7.92. The van der Waals surface area contributed by atoms with Crippen molar-refractivity contribution in [3.05, 3.63) is 54.3 Å². The quantitative estimate of drug-likeness (QED) is 0.801. The lowest BCUT2D eigenvalue weighted by molar-refractivity contribution is -0.116. The third kappa shape index (κ3) is 4.62. The van der Waals surface area contributed by atoms with E-state index in [0.29, 0.717) is 5.69 Å². The van der Waals surface area contributed by atoms with Crippen molar-refractivity contribution in [1.82, 2.24) is 0 Å². The summed E-state index contributed by atoms with van der Waals surface area (Å²) < 4.78 is 39.0. The number of sulfonamides is 1. The highest BCUT2D eigenvalue weighted by Gasteiger charge is 2.29. The van der Waals surface area contributed by atoms with Crippen LogP contribution in [0, 0.1) is 5.82 Å². The first-order valence-corrected chi connectivity index (χ1v) is 11.0. The lowest BCUT2D eigenvalue weighted by Crippen LogP contribution is -2.45. The molecule has 1 aliphatic rings. The number of carbonyl (C=O) groups excluding carboxylic acids is 1. The first kappa shape index (κ1) is 20.1. The number of amides is 1. The molecule has 0 aliphatic carbocycles. The van der Waals surface area contributed by atoms with E-state index in [4.69, 9.17) is 0 Å². The molecule has 6 nitrogen and oxygen atoms in total. The average Bonchev–Trinajstić information content (AvgIpc) is 3.16. The minimum atomic E-state index is -3.79. The molecule has 3 rings (SSSR count). The van der Waals surface area contributed by atoms with Crippen LogP contribution in [0.4, 0.5) is 21.5 Å². The molecule has 1 saturated heterocycles. The molecule has 8 heteroatoms. The number of benzene rings is 2. The van der Waals surface area contributed by atoms with Gasteiger partial charge in [-0.1, -0.05) is 6.07 Å². The summed E-state index contributed by atoms with van der Waals surface area (Å²) in [6, 6.07) is 11.6. The number of anilines is 3. The van der Waals surface area contributed by atoms with Gasteiger partial charge in [0.2, 0.25) is 15.9 Å². The molecule has 0 bridgehead atoms. The van der Waals surface area contributed by atoms with Crippen LogP contribution >= 0.6 is 0 Å². The molecule has 0 radical (unpaired) electrons. The molecule has 150 valence electrons. The number of nitrogens with zero attached hydrogens (tertiary/aromatic N) is 2. The van der Waals surface area contributed by atoms with Crippen molar-refractivity contribution >= 4 is 33.0 Å². The van der Waals surface area contributed by atoms with Crippen LogP contribution in [0.15, 0.2) is 48.5 Å². The van der Waals surface area contributed by atoms with E-state index in [1.807, 2.05) is 12.1 Å². The standard InChI is InChI=1S/C20H24FN3O3S/c1-15(24(28(2,26)27)19-7-5-6-16(21)14-19)20(25)22-17-8-10-18(11-9-17)23-12-3-4-13-23/h5-11,14-15H,3-4,12-13H2,1-2H3,(H,22,25). The third-order valence-corrected chi connectivity index (χ3v) is 6.00. The molecule has 1 heterocycles. The van der Waals surface area contributed by atoms with Gasteiger partial charge in [0.1, 0.15) is 11.9 Å². The van der Waals surface area contributed by atoms with Crippen molar-refractivity contribution in [2.24, 2.45) is 0 Å². The molecule has 0 spiro atoms. The van der Waals surface area contributed by atoms with Crippen LogP contribution in [0.5, 0.6) is 0 Å². The van der Waals surface area contributed by atoms with Gasteiger partial charge in [-0.2, -0.15) is 0 Å². The van der Waals surface area contributed by atoms with Gasteiger partial charge in [-0.15, -0.1) is 0 Å². The second-order valence-corrected chi connectivity index (χ2v) is 8.80. The van der Waals surface area contributed by atoms with Crippen LogP contribution in [-0.4, -0.2) is 39.7 Å². The van der Waals surface area contributed by atoms with Crippen molar-refractivity contribution in [3.63, 3.8) is 0 Å². The number of nitrogens with one attached hydrogen (secondary N) is 1. The molecular formula is C20H24FN3O3S. The Balaban J connectivity index is 1.76. The lowest BCUT2D eigenvalue weighted by Gasteiger charge is -2.28. The predicted molar refractivity (Wildman–Crippen MR) is 110 cm³/mol. The van der Waals surface area contributed by atoms with Gasteiger partial charge in [0.05, 0.1) is 11.9 Å². The Labute approximate surface area is 165 Å². The summed E-state index contributed by atoms with van der Waals surface area (Å²) in [5.74, 6) is -1.07. The van der Waals surface area contributed by atoms with E-state index in [2.05, 4.69) is 10.2 Å². The number of halogens is 1. The summed E-state index contributed by atoms with van der Waals surface area (Å²) in [4.78, 5) is 15.0. The Bertz CT molecular complexity index is 941. The maximum absolute atomic E-state index is 13.6. The van der Waals surface area contributed by atoms with Crippen LogP contribution in [-0.2, 0) is 14.8 Å². The molecule has 0 saturated carbocycles. The molecule has 2 aromatic carbocycles. The summed E-state index contributed by atoms with van der Waals surface area (Å²) in [6.45, 7) is 3.53. The van der Waals surface area contributed by atoms with Gasteiger partial charge in [-0.3, -0.25) is 9.10 Å². The van der Waals surface area contributed by atoms with Crippen molar-refractivity contribution in [2.45, 2.75) is 25.8 Å². The third-order valence-electron chi connectivity index (χ3n) is 4.76. The van der Waals surface area contributed by atoms with Gasteiger partial charge in [-0.05, 0) is 62.2 Å². The number of hydrogen-bond acceptors (Lipinski definition) is 4. The molecule has 0 aromatic heterocycles. The van der Waals surface area contributed by atoms with E-state index in [9.17, 15) is 17.6 Å². The Morgan fingerprint density at radius 3 is 2.36 bits per heavy atom. The van der Waals surface area contributed by atoms with Crippen molar-refractivity contribution in [1.29, 1.82) is 0 Å². The lowest BCUT2D eigenvalue weighted by atomic mass is 10.2. The summed E-state index contributed by atoms with van der Waals surface area (Å²) in [5.41, 5.74) is 1.78. The maximum Gasteiger partial charge on any atom is 0.247 e. The van der Waals surface area contributed by atoms with E-state index in [1.54, 1.807) is 12.1 Å². The number of hydrogen-bond donors (Lipinski definition) is 1. The topological polar surface area (TPSA) is 69.7 Å². The zero-order valence-electron chi connectivity index (χ0n) is 15.9. The molecule has 1 unspecified atom stereocenters. The summed E-state index contributed by atoms with van der Waals surface area (Å²) in [7, 11) is -3.79. The van der Waals surface area contributed by atoms with Gasteiger partial charge in [0, 0.05) is 24.5 Å². The SMILES string of the molecule is CC(C(=O)Nc1ccc(N2CCCC2)cc1)N(c1cccc(F)c1)S(C)(=O)=O. The fraction of sp³-hybridized carbons (Fsp3) is 0.350. The molecule has 1 atom stereocenters. The zero-order chi connectivity index (χ0) is 20.3. The maximum atomic E-state index is 13.6. The van der Waals surface area contributed by atoms with E-state index in [1.165, 1.54) is 38.0 Å². The fourth-order valence-electron chi connectivity index (χ4n) is 3.40. The summed E-state index contributed by atoms with van der Waals surface area (Å²) in [6.07, 6.45) is 3.35.